The Morgan fingerprint density at radius 2 is 2.13 bits per heavy atom. The maximum Gasteiger partial charge on any atom is 0.257 e. The van der Waals surface area contributed by atoms with Crippen molar-refractivity contribution in [2.24, 2.45) is 5.92 Å². The van der Waals surface area contributed by atoms with Crippen LogP contribution in [-0.4, -0.2) is 43.8 Å². The highest BCUT2D eigenvalue weighted by molar-refractivity contribution is 7.08. The number of thiophene rings is 1. The number of hydrogen-bond donors (Lipinski definition) is 0. The van der Waals surface area contributed by atoms with Crippen molar-refractivity contribution in [1.82, 2.24) is 24.8 Å². The Bertz CT molecular complexity index is 1170. The van der Waals surface area contributed by atoms with Crippen LogP contribution in [0.2, 0.25) is 0 Å². The van der Waals surface area contributed by atoms with Gasteiger partial charge in [-0.1, -0.05) is 23.4 Å². The van der Waals surface area contributed by atoms with Crippen molar-refractivity contribution in [1.29, 1.82) is 0 Å². The third-order valence-corrected chi connectivity index (χ3v) is 6.44. The van der Waals surface area contributed by atoms with Crippen LogP contribution in [-0.2, 0) is 6.42 Å². The van der Waals surface area contributed by atoms with Gasteiger partial charge in [0.2, 0.25) is 11.7 Å². The molecule has 1 aliphatic heterocycles. The highest BCUT2D eigenvalue weighted by atomic mass is 32.1. The van der Waals surface area contributed by atoms with Crippen molar-refractivity contribution in [2.75, 3.05) is 13.1 Å². The molecule has 8 heteroatoms. The van der Waals surface area contributed by atoms with E-state index < -0.39 is 0 Å². The molecule has 1 amide bonds. The number of carbonyl (C=O) groups is 1. The van der Waals surface area contributed by atoms with Gasteiger partial charge in [-0.3, -0.25) is 4.79 Å². The predicted octanol–water partition coefficient (Wildman–Crippen LogP) is 4.39. The Kier molecular flexibility index (Phi) is 5.38. The van der Waals surface area contributed by atoms with E-state index in [-0.39, 0.29) is 5.91 Å². The van der Waals surface area contributed by atoms with Gasteiger partial charge < -0.3 is 9.42 Å². The zero-order chi connectivity index (χ0) is 21.2. The van der Waals surface area contributed by atoms with Gasteiger partial charge >= 0.3 is 0 Å². The van der Waals surface area contributed by atoms with E-state index in [1.807, 2.05) is 63.7 Å². The van der Waals surface area contributed by atoms with Crippen LogP contribution < -0.4 is 0 Å². The summed E-state index contributed by atoms with van der Waals surface area (Å²) in [7, 11) is 0. The highest BCUT2D eigenvalue weighted by Gasteiger charge is 2.28. The van der Waals surface area contributed by atoms with Crippen LogP contribution in [0.4, 0.5) is 0 Å². The fraction of sp³-hybridized carbons (Fsp3) is 0.304. The van der Waals surface area contributed by atoms with Gasteiger partial charge in [0.1, 0.15) is 0 Å². The van der Waals surface area contributed by atoms with Gasteiger partial charge in [-0.2, -0.15) is 21.4 Å². The van der Waals surface area contributed by atoms with Crippen molar-refractivity contribution in [3.8, 4) is 17.1 Å². The van der Waals surface area contributed by atoms with Gasteiger partial charge in [0.25, 0.3) is 5.91 Å². The number of hydrogen-bond acceptors (Lipinski definition) is 6. The SMILES string of the molecule is Cc1c(C(=O)N2CCC[C@H](Cc3nc(-c4ccsc4)no3)C2)cnn1-c1ccccc1. The minimum atomic E-state index is 0.0360. The number of nitrogens with zero attached hydrogens (tertiary/aromatic N) is 5. The third-order valence-electron chi connectivity index (χ3n) is 5.76. The number of amides is 1. The molecule has 158 valence electrons. The van der Waals surface area contributed by atoms with Crippen LogP contribution in [0.25, 0.3) is 17.1 Å². The average Bonchev–Trinajstić information content (AvgIpc) is 3.55. The fourth-order valence-electron chi connectivity index (χ4n) is 4.13. The molecule has 1 fully saturated rings. The lowest BCUT2D eigenvalue weighted by atomic mass is 9.94. The van der Waals surface area contributed by atoms with Crippen molar-refractivity contribution in [2.45, 2.75) is 26.2 Å². The Balaban J connectivity index is 1.27. The van der Waals surface area contributed by atoms with E-state index in [9.17, 15) is 4.79 Å². The van der Waals surface area contributed by atoms with Gasteiger partial charge in [-0.15, -0.1) is 0 Å². The summed E-state index contributed by atoms with van der Waals surface area (Å²) in [6.07, 6.45) is 4.37. The quantitative estimate of drug-likeness (QED) is 0.467. The second-order valence-corrected chi connectivity index (χ2v) is 8.66. The number of carbonyl (C=O) groups excluding carboxylic acids is 1. The molecular formula is C23H23N5O2S. The number of para-hydroxylation sites is 1. The Hall–Kier alpha value is -3.26. The number of piperidine rings is 1. The molecule has 0 bridgehead atoms. The van der Waals surface area contributed by atoms with Crippen LogP contribution in [0.1, 0.15) is 34.8 Å². The van der Waals surface area contributed by atoms with Crippen LogP contribution in [0.5, 0.6) is 0 Å². The van der Waals surface area contributed by atoms with Crippen LogP contribution in [0.15, 0.2) is 57.9 Å². The topological polar surface area (TPSA) is 77.1 Å². The summed E-state index contributed by atoms with van der Waals surface area (Å²) in [6, 6.07) is 11.9. The van der Waals surface area contributed by atoms with Gasteiger partial charge in [-0.05, 0) is 49.3 Å². The minimum absolute atomic E-state index is 0.0360. The van der Waals surface area contributed by atoms with Crippen LogP contribution in [0.3, 0.4) is 0 Å². The number of likely N-dealkylation sites (tertiary alicyclic amines) is 1. The van der Waals surface area contributed by atoms with Crippen LogP contribution >= 0.6 is 11.3 Å². The lowest BCUT2D eigenvalue weighted by Gasteiger charge is -2.32. The zero-order valence-corrected chi connectivity index (χ0v) is 18.1. The smallest absolute Gasteiger partial charge is 0.257 e. The molecule has 0 spiro atoms. The maximum absolute atomic E-state index is 13.2. The first-order valence-electron chi connectivity index (χ1n) is 10.4. The lowest BCUT2D eigenvalue weighted by Crippen LogP contribution is -2.40. The second-order valence-electron chi connectivity index (χ2n) is 7.88. The molecule has 4 aromatic rings. The molecule has 4 heterocycles. The van der Waals surface area contributed by atoms with Gasteiger partial charge in [0.05, 0.1) is 23.1 Å². The summed E-state index contributed by atoms with van der Waals surface area (Å²) in [4.78, 5) is 19.7. The lowest BCUT2D eigenvalue weighted by molar-refractivity contribution is 0.0667. The first kappa shape index (κ1) is 19.7. The molecule has 1 atom stereocenters. The Labute approximate surface area is 184 Å². The van der Waals surface area contributed by atoms with Gasteiger partial charge in [0, 0.05) is 30.5 Å². The number of benzene rings is 1. The molecule has 3 aromatic heterocycles. The maximum atomic E-state index is 13.2. The molecular weight excluding hydrogens is 410 g/mol. The van der Waals surface area contributed by atoms with E-state index in [4.69, 9.17) is 4.52 Å². The Morgan fingerprint density at radius 1 is 1.26 bits per heavy atom. The molecule has 0 radical (unpaired) electrons. The molecule has 1 saturated heterocycles. The molecule has 0 aliphatic carbocycles. The molecule has 5 rings (SSSR count). The summed E-state index contributed by atoms with van der Waals surface area (Å²) in [5, 5.41) is 12.6. The summed E-state index contributed by atoms with van der Waals surface area (Å²) >= 11 is 1.61. The summed E-state index contributed by atoms with van der Waals surface area (Å²) in [5.41, 5.74) is 3.44. The number of aromatic nitrogens is 4. The molecule has 0 saturated carbocycles. The van der Waals surface area contributed by atoms with E-state index in [2.05, 4.69) is 15.2 Å². The van der Waals surface area contributed by atoms with E-state index in [0.717, 1.165) is 36.3 Å². The van der Waals surface area contributed by atoms with Crippen LogP contribution in [0, 0.1) is 12.8 Å². The first-order chi connectivity index (χ1) is 15.2. The summed E-state index contributed by atoms with van der Waals surface area (Å²) in [5.74, 6) is 1.60. The Morgan fingerprint density at radius 3 is 2.94 bits per heavy atom. The normalized spacial score (nSPS) is 16.5. The monoisotopic (exact) mass is 433 g/mol. The first-order valence-corrected chi connectivity index (χ1v) is 11.4. The van der Waals surface area contributed by atoms with Gasteiger partial charge in [0.15, 0.2) is 0 Å². The minimum Gasteiger partial charge on any atom is -0.339 e. The van der Waals surface area contributed by atoms with Crippen molar-refractivity contribution >= 4 is 17.2 Å². The standard InChI is InChI=1S/C23H23N5O2S/c1-16-20(13-24-28(16)19-7-3-2-4-8-19)23(29)27-10-5-6-17(14-27)12-21-25-22(26-30-21)18-9-11-31-15-18/h2-4,7-9,11,13,15,17H,5-6,10,12,14H2,1H3/t17-/m1/s1. The van der Waals surface area contributed by atoms with E-state index in [0.29, 0.717) is 36.2 Å². The van der Waals surface area contributed by atoms with Crippen molar-refractivity contribution < 1.29 is 9.32 Å². The number of rotatable bonds is 5. The third kappa shape index (κ3) is 4.03. The molecule has 1 aromatic carbocycles. The average molecular weight is 434 g/mol. The van der Waals surface area contributed by atoms with E-state index in [1.165, 1.54) is 0 Å². The molecule has 0 N–H and O–H groups in total. The van der Waals surface area contributed by atoms with Crippen molar-refractivity contribution in [3.63, 3.8) is 0 Å². The summed E-state index contributed by atoms with van der Waals surface area (Å²) < 4.78 is 7.29. The van der Waals surface area contributed by atoms with Crippen molar-refractivity contribution in [3.05, 3.63) is 70.5 Å². The molecule has 1 aliphatic rings. The molecule has 7 nitrogen and oxygen atoms in total. The summed E-state index contributed by atoms with van der Waals surface area (Å²) in [6.45, 7) is 3.39. The predicted molar refractivity (Wildman–Crippen MR) is 118 cm³/mol. The molecule has 0 unspecified atom stereocenters. The van der Waals surface area contributed by atoms with E-state index >= 15 is 0 Å². The largest absolute Gasteiger partial charge is 0.339 e. The van der Waals surface area contributed by atoms with E-state index in [1.54, 1.807) is 17.5 Å². The second kappa shape index (κ2) is 8.47. The highest BCUT2D eigenvalue weighted by Crippen LogP contribution is 2.25. The van der Waals surface area contributed by atoms with Gasteiger partial charge in [-0.25, -0.2) is 4.68 Å². The zero-order valence-electron chi connectivity index (χ0n) is 17.3. The molecule has 31 heavy (non-hydrogen) atoms. The fourth-order valence-corrected chi connectivity index (χ4v) is 4.76.